The van der Waals surface area contributed by atoms with Gasteiger partial charge in [-0.05, 0) is 59.7 Å². The van der Waals surface area contributed by atoms with Crippen LogP contribution in [0.15, 0.2) is 102 Å². The van der Waals surface area contributed by atoms with E-state index in [1.165, 1.54) is 0 Å². The summed E-state index contributed by atoms with van der Waals surface area (Å²) in [5.74, 6) is 0.869. The number of hydrogen-bond acceptors (Lipinski definition) is 7. The number of nitrogens with zero attached hydrogens (tertiary/aromatic N) is 2. The SMILES string of the molecule is COc1cc(C(Nc2ccc(/C(N)=N/O)cc2)C(=O)NCCc2ccccn2)ccc1OCc1ccccc1. The summed E-state index contributed by atoms with van der Waals surface area (Å²) in [5, 5.41) is 18.2. The number of oxime groups is 1. The van der Waals surface area contributed by atoms with Crippen LogP contribution in [0.2, 0.25) is 0 Å². The number of amidine groups is 1. The van der Waals surface area contributed by atoms with Crippen LogP contribution in [0.4, 0.5) is 5.69 Å². The number of rotatable bonds is 12. The first-order valence-corrected chi connectivity index (χ1v) is 12.4. The molecule has 0 saturated carbocycles. The van der Waals surface area contributed by atoms with Gasteiger partial charge in [0.15, 0.2) is 17.3 Å². The predicted octanol–water partition coefficient (Wildman–Crippen LogP) is 4.28. The molecule has 9 heteroatoms. The second-order valence-electron chi connectivity index (χ2n) is 8.69. The van der Waals surface area contributed by atoms with Gasteiger partial charge >= 0.3 is 0 Å². The van der Waals surface area contributed by atoms with Crippen molar-refractivity contribution in [1.82, 2.24) is 10.3 Å². The molecule has 0 saturated heterocycles. The van der Waals surface area contributed by atoms with Gasteiger partial charge in [-0.3, -0.25) is 9.78 Å². The van der Waals surface area contributed by atoms with E-state index in [2.05, 4.69) is 20.8 Å². The van der Waals surface area contributed by atoms with Crippen molar-refractivity contribution < 1.29 is 19.5 Å². The first-order valence-electron chi connectivity index (χ1n) is 12.4. The van der Waals surface area contributed by atoms with Crippen LogP contribution in [-0.2, 0) is 17.8 Å². The molecule has 0 fully saturated rings. The summed E-state index contributed by atoms with van der Waals surface area (Å²) in [7, 11) is 1.57. The van der Waals surface area contributed by atoms with E-state index in [-0.39, 0.29) is 11.7 Å². The Kier molecular flexibility index (Phi) is 9.33. The van der Waals surface area contributed by atoms with Gasteiger partial charge in [-0.25, -0.2) is 0 Å². The van der Waals surface area contributed by atoms with Crippen LogP contribution in [-0.4, -0.2) is 35.6 Å². The first-order chi connectivity index (χ1) is 19.1. The fourth-order valence-corrected chi connectivity index (χ4v) is 3.94. The molecule has 4 aromatic rings. The molecule has 0 aliphatic heterocycles. The van der Waals surface area contributed by atoms with Crippen molar-refractivity contribution in [2.24, 2.45) is 10.9 Å². The largest absolute Gasteiger partial charge is 0.493 e. The number of carbonyl (C=O) groups excluding carboxylic acids is 1. The summed E-state index contributed by atoms with van der Waals surface area (Å²) in [5.41, 5.74) is 9.53. The molecule has 200 valence electrons. The highest BCUT2D eigenvalue weighted by atomic mass is 16.5. The first kappa shape index (κ1) is 27.0. The Bertz CT molecular complexity index is 1380. The number of nitrogens with two attached hydrogens (primary N) is 1. The number of nitrogens with one attached hydrogen (secondary N) is 2. The van der Waals surface area contributed by atoms with E-state index in [0.717, 1.165) is 11.3 Å². The maximum Gasteiger partial charge on any atom is 0.247 e. The molecule has 0 aliphatic carbocycles. The number of ether oxygens (including phenoxy) is 2. The number of methoxy groups -OCH3 is 1. The minimum atomic E-state index is -0.736. The highest BCUT2D eigenvalue weighted by Crippen LogP contribution is 2.32. The number of anilines is 1. The second kappa shape index (κ2) is 13.5. The summed E-state index contributed by atoms with van der Waals surface area (Å²) in [6.45, 7) is 0.810. The van der Waals surface area contributed by atoms with Crippen LogP contribution in [0.3, 0.4) is 0 Å². The zero-order chi connectivity index (χ0) is 27.5. The Balaban J connectivity index is 1.54. The fraction of sp³-hybridized carbons (Fsp3) is 0.167. The van der Waals surface area contributed by atoms with Crippen LogP contribution in [0.5, 0.6) is 11.5 Å². The molecule has 3 aromatic carbocycles. The number of pyridine rings is 1. The third-order valence-electron chi connectivity index (χ3n) is 6.03. The van der Waals surface area contributed by atoms with Crippen LogP contribution < -0.4 is 25.8 Å². The molecule has 1 amide bonds. The average molecular weight is 526 g/mol. The van der Waals surface area contributed by atoms with Gasteiger partial charge < -0.3 is 31.0 Å². The van der Waals surface area contributed by atoms with Crippen molar-refractivity contribution in [2.45, 2.75) is 19.1 Å². The molecule has 39 heavy (non-hydrogen) atoms. The summed E-state index contributed by atoms with van der Waals surface area (Å²) in [6, 6.07) is 27.2. The summed E-state index contributed by atoms with van der Waals surface area (Å²) >= 11 is 0. The van der Waals surface area contributed by atoms with Gasteiger partial charge in [-0.15, -0.1) is 0 Å². The molecule has 9 nitrogen and oxygen atoms in total. The topological polar surface area (TPSA) is 131 Å². The maximum absolute atomic E-state index is 13.4. The Morgan fingerprint density at radius 1 is 1.00 bits per heavy atom. The van der Waals surface area contributed by atoms with Gasteiger partial charge in [0.25, 0.3) is 0 Å². The van der Waals surface area contributed by atoms with Crippen LogP contribution in [0.25, 0.3) is 0 Å². The number of benzene rings is 3. The van der Waals surface area contributed by atoms with E-state index < -0.39 is 6.04 Å². The lowest BCUT2D eigenvalue weighted by Crippen LogP contribution is -2.34. The molecule has 0 aliphatic rings. The van der Waals surface area contributed by atoms with E-state index >= 15 is 0 Å². The van der Waals surface area contributed by atoms with Gasteiger partial charge in [-0.2, -0.15) is 0 Å². The van der Waals surface area contributed by atoms with Crippen molar-refractivity contribution in [2.75, 3.05) is 19.0 Å². The molecule has 0 spiro atoms. The van der Waals surface area contributed by atoms with Crippen molar-refractivity contribution in [3.63, 3.8) is 0 Å². The zero-order valence-corrected chi connectivity index (χ0v) is 21.6. The van der Waals surface area contributed by atoms with E-state index in [0.29, 0.717) is 47.9 Å². The average Bonchev–Trinajstić information content (AvgIpc) is 2.99. The van der Waals surface area contributed by atoms with E-state index in [1.54, 1.807) is 49.7 Å². The molecule has 1 heterocycles. The van der Waals surface area contributed by atoms with Crippen molar-refractivity contribution in [3.05, 3.63) is 120 Å². The molecule has 1 aromatic heterocycles. The molecule has 0 radical (unpaired) electrons. The second-order valence-corrected chi connectivity index (χ2v) is 8.69. The number of carbonyl (C=O) groups is 1. The van der Waals surface area contributed by atoms with Gasteiger partial charge in [0.1, 0.15) is 12.6 Å². The van der Waals surface area contributed by atoms with Crippen molar-refractivity contribution in [1.29, 1.82) is 0 Å². The molecule has 1 unspecified atom stereocenters. The van der Waals surface area contributed by atoms with Gasteiger partial charge in [0.2, 0.25) is 5.91 Å². The summed E-state index contributed by atoms with van der Waals surface area (Å²) < 4.78 is 11.6. The highest BCUT2D eigenvalue weighted by molar-refractivity contribution is 5.97. The summed E-state index contributed by atoms with van der Waals surface area (Å²) in [6.07, 6.45) is 2.33. The molecule has 0 bridgehead atoms. The van der Waals surface area contributed by atoms with Crippen LogP contribution in [0.1, 0.15) is 28.4 Å². The minimum absolute atomic E-state index is 0.00110. The highest BCUT2D eigenvalue weighted by Gasteiger charge is 2.22. The molecular formula is C30H31N5O4. The van der Waals surface area contributed by atoms with E-state index in [1.807, 2.05) is 54.6 Å². The van der Waals surface area contributed by atoms with Crippen LogP contribution in [0, 0.1) is 0 Å². The third kappa shape index (κ3) is 7.48. The predicted molar refractivity (Wildman–Crippen MR) is 150 cm³/mol. The maximum atomic E-state index is 13.4. The number of amides is 1. The van der Waals surface area contributed by atoms with Gasteiger partial charge in [-0.1, -0.05) is 47.6 Å². The van der Waals surface area contributed by atoms with E-state index in [9.17, 15) is 4.79 Å². The Hall–Kier alpha value is -5.05. The Labute approximate surface area is 227 Å². The Morgan fingerprint density at radius 2 is 1.77 bits per heavy atom. The number of hydrogen-bond donors (Lipinski definition) is 4. The number of aromatic nitrogens is 1. The van der Waals surface area contributed by atoms with Crippen molar-refractivity contribution >= 4 is 17.4 Å². The molecule has 5 N–H and O–H groups in total. The lowest BCUT2D eigenvalue weighted by atomic mass is 10.0. The third-order valence-corrected chi connectivity index (χ3v) is 6.03. The normalized spacial score (nSPS) is 11.9. The fourth-order valence-electron chi connectivity index (χ4n) is 3.94. The zero-order valence-electron chi connectivity index (χ0n) is 21.6. The lowest BCUT2D eigenvalue weighted by molar-refractivity contribution is -0.121. The molecule has 1 atom stereocenters. The minimum Gasteiger partial charge on any atom is -0.493 e. The van der Waals surface area contributed by atoms with Gasteiger partial charge in [0.05, 0.1) is 7.11 Å². The quantitative estimate of drug-likeness (QED) is 0.0940. The van der Waals surface area contributed by atoms with Crippen molar-refractivity contribution in [3.8, 4) is 11.5 Å². The lowest BCUT2D eigenvalue weighted by Gasteiger charge is -2.21. The summed E-state index contributed by atoms with van der Waals surface area (Å²) in [4.78, 5) is 17.7. The smallest absolute Gasteiger partial charge is 0.247 e. The molecular weight excluding hydrogens is 494 g/mol. The van der Waals surface area contributed by atoms with Gasteiger partial charge in [0, 0.05) is 36.1 Å². The van der Waals surface area contributed by atoms with E-state index in [4.69, 9.17) is 20.4 Å². The standard InChI is InChI=1S/C30H31N5O4/c1-38-27-19-23(12-15-26(27)39-20-21-7-3-2-4-8-21)28(30(36)33-18-16-24-9-5-6-17-32-24)34-25-13-10-22(11-14-25)29(31)35-37/h2-15,17,19,28,34,37H,16,18,20H2,1H3,(H2,31,35)(H,33,36). The molecule has 4 rings (SSSR count). The Morgan fingerprint density at radius 3 is 2.46 bits per heavy atom. The monoisotopic (exact) mass is 525 g/mol. The van der Waals surface area contributed by atoms with Crippen LogP contribution >= 0.6 is 0 Å².